The lowest BCUT2D eigenvalue weighted by atomic mass is 9.98. The van der Waals surface area contributed by atoms with E-state index in [2.05, 4.69) is 5.32 Å². The zero-order valence-electron chi connectivity index (χ0n) is 10.7. The smallest absolute Gasteiger partial charge is 0.335 e. The van der Waals surface area contributed by atoms with Crippen molar-refractivity contribution in [3.8, 4) is 0 Å². The number of fused-ring (bicyclic) bond motifs is 1. The minimum atomic E-state index is -0.994. The number of rotatable bonds is 1. The maximum absolute atomic E-state index is 11.7. The number of nitrogens with zero attached hydrogens (tertiary/aromatic N) is 1. The van der Waals surface area contributed by atoms with Crippen LogP contribution in [0.15, 0.2) is 18.2 Å². The van der Waals surface area contributed by atoms with Crippen LogP contribution >= 0.6 is 0 Å². The fraction of sp³-hybridized carbons (Fsp3) is 0.385. The number of carbonyl (C=O) groups is 2. The second-order valence-electron chi connectivity index (χ2n) is 5.15. The Morgan fingerprint density at radius 1 is 1.39 bits per heavy atom. The van der Waals surface area contributed by atoms with Crippen molar-refractivity contribution < 1.29 is 14.7 Å². The van der Waals surface area contributed by atoms with Gasteiger partial charge in [0.1, 0.15) is 0 Å². The molecule has 5 nitrogen and oxygen atoms in total. The lowest BCUT2D eigenvalue weighted by Crippen LogP contribution is -2.50. The monoisotopic (exact) mass is 248 g/mol. The van der Waals surface area contributed by atoms with E-state index >= 15 is 0 Å². The lowest BCUT2D eigenvalue weighted by Gasteiger charge is -2.40. The molecule has 0 radical (unpaired) electrons. The summed E-state index contributed by atoms with van der Waals surface area (Å²) in [5.41, 5.74) is 1.36. The number of nitrogens with one attached hydrogen (secondary N) is 1. The largest absolute Gasteiger partial charge is 0.478 e. The summed E-state index contributed by atoms with van der Waals surface area (Å²) in [4.78, 5) is 24.3. The van der Waals surface area contributed by atoms with Crippen LogP contribution in [0.1, 0.15) is 31.1 Å². The number of hydrogen-bond donors (Lipinski definition) is 2. The summed E-state index contributed by atoms with van der Waals surface area (Å²) in [5.74, 6) is -1.08. The average Bonchev–Trinajstić information content (AvgIpc) is 2.25. The molecule has 0 aromatic heterocycles. The third kappa shape index (κ3) is 2.16. The van der Waals surface area contributed by atoms with Gasteiger partial charge in [0.15, 0.2) is 0 Å². The van der Waals surface area contributed by atoms with Gasteiger partial charge in [0, 0.05) is 19.0 Å². The Morgan fingerprint density at radius 2 is 2.06 bits per heavy atom. The van der Waals surface area contributed by atoms with E-state index in [1.165, 1.54) is 19.1 Å². The molecule has 5 heteroatoms. The van der Waals surface area contributed by atoms with Gasteiger partial charge in [-0.05, 0) is 32.0 Å². The number of amides is 1. The van der Waals surface area contributed by atoms with Crippen molar-refractivity contribution in [1.82, 2.24) is 0 Å². The first kappa shape index (κ1) is 12.4. The molecule has 1 aromatic rings. The molecule has 18 heavy (non-hydrogen) atoms. The predicted molar refractivity (Wildman–Crippen MR) is 69.1 cm³/mol. The number of anilines is 2. The molecule has 0 atom stereocenters. The Kier molecular flexibility index (Phi) is 2.77. The van der Waals surface area contributed by atoms with Crippen LogP contribution in [0.4, 0.5) is 11.4 Å². The van der Waals surface area contributed by atoms with E-state index in [9.17, 15) is 9.59 Å². The molecule has 1 heterocycles. The van der Waals surface area contributed by atoms with Crippen LogP contribution in [-0.2, 0) is 4.79 Å². The van der Waals surface area contributed by atoms with Gasteiger partial charge in [0.05, 0.1) is 16.9 Å². The number of carbonyl (C=O) groups excluding carboxylic acids is 1. The SMILES string of the molecule is CC(=O)N1CC(C)(C)Nc2ccc(C(=O)O)cc21. The highest BCUT2D eigenvalue weighted by Gasteiger charge is 2.31. The minimum absolute atomic E-state index is 0.0895. The average molecular weight is 248 g/mol. The molecule has 0 fully saturated rings. The quantitative estimate of drug-likeness (QED) is 0.797. The van der Waals surface area contributed by atoms with Crippen molar-refractivity contribution in [2.75, 3.05) is 16.8 Å². The summed E-state index contributed by atoms with van der Waals surface area (Å²) in [6.45, 7) is 5.99. The summed E-state index contributed by atoms with van der Waals surface area (Å²) >= 11 is 0. The van der Waals surface area contributed by atoms with Gasteiger partial charge in [-0.3, -0.25) is 4.79 Å². The van der Waals surface area contributed by atoms with Crippen molar-refractivity contribution in [2.24, 2.45) is 0 Å². The molecule has 0 saturated heterocycles. The van der Waals surface area contributed by atoms with Crippen LogP contribution in [0.3, 0.4) is 0 Å². The Balaban J connectivity index is 2.53. The van der Waals surface area contributed by atoms with Crippen LogP contribution in [0, 0.1) is 0 Å². The molecule has 0 saturated carbocycles. The van der Waals surface area contributed by atoms with Crippen LogP contribution in [-0.4, -0.2) is 29.1 Å². The zero-order chi connectivity index (χ0) is 13.5. The van der Waals surface area contributed by atoms with Gasteiger partial charge in [0.25, 0.3) is 0 Å². The first-order chi connectivity index (χ1) is 8.30. The van der Waals surface area contributed by atoms with Gasteiger partial charge in [-0.15, -0.1) is 0 Å². The molecular weight excluding hydrogens is 232 g/mol. The molecule has 0 bridgehead atoms. The standard InChI is InChI=1S/C13H16N2O3/c1-8(16)15-7-13(2,3)14-10-5-4-9(12(17)18)6-11(10)15/h4-6,14H,7H2,1-3H3,(H,17,18). The van der Waals surface area contributed by atoms with Gasteiger partial charge >= 0.3 is 5.97 Å². The molecule has 1 aliphatic rings. The van der Waals surface area contributed by atoms with Crippen molar-refractivity contribution in [1.29, 1.82) is 0 Å². The van der Waals surface area contributed by atoms with Gasteiger partial charge in [-0.1, -0.05) is 0 Å². The fourth-order valence-corrected chi connectivity index (χ4v) is 2.16. The van der Waals surface area contributed by atoms with Gasteiger partial charge in [-0.25, -0.2) is 4.79 Å². The summed E-state index contributed by atoms with van der Waals surface area (Å²) in [7, 11) is 0. The van der Waals surface area contributed by atoms with E-state index in [0.29, 0.717) is 12.2 Å². The molecule has 0 unspecified atom stereocenters. The third-order valence-corrected chi connectivity index (χ3v) is 2.94. The Bertz CT molecular complexity index is 523. The summed E-state index contributed by atoms with van der Waals surface area (Å²) in [5, 5.41) is 12.3. The van der Waals surface area contributed by atoms with Crippen molar-refractivity contribution >= 4 is 23.3 Å². The van der Waals surface area contributed by atoms with Crippen LogP contribution < -0.4 is 10.2 Å². The molecular formula is C13H16N2O3. The molecule has 1 amide bonds. The fourth-order valence-electron chi connectivity index (χ4n) is 2.16. The third-order valence-electron chi connectivity index (χ3n) is 2.94. The van der Waals surface area contributed by atoms with E-state index in [1.54, 1.807) is 11.0 Å². The topological polar surface area (TPSA) is 69.6 Å². The summed E-state index contributed by atoms with van der Waals surface area (Å²) in [6, 6.07) is 4.77. The predicted octanol–water partition coefficient (Wildman–Crippen LogP) is 1.94. The van der Waals surface area contributed by atoms with Crippen molar-refractivity contribution in [3.05, 3.63) is 23.8 Å². The Labute approximate surface area is 105 Å². The molecule has 2 rings (SSSR count). The van der Waals surface area contributed by atoms with E-state index in [4.69, 9.17) is 5.11 Å². The second-order valence-corrected chi connectivity index (χ2v) is 5.15. The highest BCUT2D eigenvalue weighted by molar-refractivity contribution is 5.99. The lowest BCUT2D eigenvalue weighted by molar-refractivity contribution is -0.116. The molecule has 0 aliphatic carbocycles. The Morgan fingerprint density at radius 3 is 2.61 bits per heavy atom. The number of hydrogen-bond acceptors (Lipinski definition) is 3. The van der Waals surface area contributed by atoms with E-state index in [0.717, 1.165) is 5.69 Å². The number of benzene rings is 1. The van der Waals surface area contributed by atoms with Crippen LogP contribution in [0.25, 0.3) is 0 Å². The molecule has 1 aromatic carbocycles. The first-order valence-corrected chi connectivity index (χ1v) is 5.74. The molecule has 96 valence electrons. The second kappa shape index (κ2) is 4.01. The zero-order valence-corrected chi connectivity index (χ0v) is 10.7. The highest BCUT2D eigenvalue weighted by Crippen LogP contribution is 2.35. The minimum Gasteiger partial charge on any atom is -0.478 e. The molecule has 0 spiro atoms. The maximum atomic E-state index is 11.7. The van der Waals surface area contributed by atoms with Gasteiger partial charge in [-0.2, -0.15) is 0 Å². The number of aromatic carboxylic acids is 1. The van der Waals surface area contributed by atoms with Crippen LogP contribution in [0.2, 0.25) is 0 Å². The summed E-state index contributed by atoms with van der Waals surface area (Å²) in [6.07, 6.45) is 0. The van der Waals surface area contributed by atoms with Gasteiger partial charge < -0.3 is 15.3 Å². The number of carboxylic acid groups (broad SMARTS) is 1. The maximum Gasteiger partial charge on any atom is 0.335 e. The first-order valence-electron chi connectivity index (χ1n) is 5.74. The normalized spacial score (nSPS) is 16.7. The van der Waals surface area contributed by atoms with Gasteiger partial charge in [0.2, 0.25) is 5.91 Å². The van der Waals surface area contributed by atoms with Crippen molar-refractivity contribution in [2.45, 2.75) is 26.3 Å². The highest BCUT2D eigenvalue weighted by atomic mass is 16.4. The van der Waals surface area contributed by atoms with Crippen molar-refractivity contribution in [3.63, 3.8) is 0 Å². The molecule has 2 N–H and O–H groups in total. The van der Waals surface area contributed by atoms with E-state index < -0.39 is 5.97 Å². The summed E-state index contributed by atoms with van der Waals surface area (Å²) < 4.78 is 0. The number of carboxylic acids is 1. The van der Waals surface area contributed by atoms with E-state index in [1.807, 2.05) is 13.8 Å². The molecule has 1 aliphatic heterocycles. The van der Waals surface area contributed by atoms with E-state index in [-0.39, 0.29) is 17.0 Å². The van der Waals surface area contributed by atoms with Crippen LogP contribution in [0.5, 0.6) is 0 Å². The Hall–Kier alpha value is -2.04.